The van der Waals surface area contributed by atoms with Crippen LogP contribution < -0.4 is 5.32 Å². The van der Waals surface area contributed by atoms with Crippen LogP contribution in [0.2, 0.25) is 0 Å². The molecule has 2 heterocycles. The van der Waals surface area contributed by atoms with Crippen LogP contribution in [0.25, 0.3) is 11.2 Å². The number of hydrogen-bond acceptors (Lipinski definition) is 4. The van der Waals surface area contributed by atoms with Gasteiger partial charge in [-0.1, -0.05) is 0 Å². The summed E-state index contributed by atoms with van der Waals surface area (Å²) in [6.07, 6.45) is 1.99. The van der Waals surface area contributed by atoms with Crippen molar-refractivity contribution < 1.29 is 9.90 Å². The molecule has 0 saturated heterocycles. The average molecular weight is 327 g/mol. The van der Waals surface area contributed by atoms with E-state index in [9.17, 15) is 4.79 Å². The molecule has 0 bridgehead atoms. The summed E-state index contributed by atoms with van der Waals surface area (Å²) in [6.45, 7) is 1.90. The van der Waals surface area contributed by atoms with Crippen LogP contribution in [-0.4, -0.2) is 38.6 Å². The van der Waals surface area contributed by atoms with Crippen molar-refractivity contribution in [3.05, 3.63) is 22.6 Å². The highest BCUT2D eigenvalue weighted by atomic mass is 79.9. The molecule has 2 aromatic rings. The van der Waals surface area contributed by atoms with Crippen molar-refractivity contribution in [3.63, 3.8) is 0 Å². The monoisotopic (exact) mass is 326 g/mol. The summed E-state index contributed by atoms with van der Waals surface area (Å²) >= 11 is 3.34. The van der Waals surface area contributed by atoms with E-state index in [1.807, 2.05) is 6.07 Å². The molecule has 7 heteroatoms. The fourth-order valence-electron chi connectivity index (χ4n) is 1.62. The number of aromatic nitrogens is 3. The minimum Gasteiger partial charge on any atom is -0.392 e. The third-order valence-corrected chi connectivity index (χ3v) is 2.97. The second-order valence-electron chi connectivity index (χ2n) is 4.36. The van der Waals surface area contributed by atoms with Crippen molar-refractivity contribution >= 4 is 33.0 Å². The molecule has 2 rings (SSSR count). The topological polar surface area (TPSA) is 90.9 Å². The normalized spacial score (nSPS) is 12.6. The maximum Gasteiger partial charge on any atom is 0.220 e. The minimum absolute atomic E-state index is 0.101. The van der Waals surface area contributed by atoms with Crippen LogP contribution in [0.3, 0.4) is 0 Å². The second-order valence-corrected chi connectivity index (χ2v) is 5.28. The summed E-state index contributed by atoms with van der Waals surface area (Å²) in [7, 11) is 0. The van der Waals surface area contributed by atoms with Crippen LogP contribution >= 0.6 is 15.9 Å². The van der Waals surface area contributed by atoms with Crippen LogP contribution in [-0.2, 0) is 11.2 Å². The lowest BCUT2D eigenvalue weighted by Crippen LogP contribution is -2.30. The number of halogens is 1. The van der Waals surface area contributed by atoms with Gasteiger partial charge in [0, 0.05) is 30.1 Å². The van der Waals surface area contributed by atoms with E-state index in [1.54, 1.807) is 13.1 Å². The number of aromatic amines is 1. The molecular formula is C12H15BrN4O2. The van der Waals surface area contributed by atoms with Crippen LogP contribution in [0, 0.1) is 0 Å². The Morgan fingerprint density at radius 2 is 2.42 bits per heavy atom. The van der Waals surface area contributed by atoms with E-state index < -0.39 is 6.10 Å². The fourth-order valence-corrected chi connectivity index (χ4v) is 1.96. The Bertz CT molecular complexity index is 582. The van der Waals surface area contributed by atoms with Gasteiger partial charge in [-0.05, 0) is 28.9 Å². The van der Waals surface area contributed by atoms with Gasteiger partial charge in [0.1, 0.15) is 5.82 Å². The van der Waals surface area contributed by atoms with Gasteiger partial charge in [0.25, 0.3) is 0 Å². The molecule has 3 N–H and O–H groups in total. The summed E-state index contributed by atoms with van der Waals surface area (Å²) < 4.78 is 0.880. The molecule has 0 aliphatic heterocycles. The quantitative estimate of drug-likeness (QED) is 0.768. The molecule has 0 saturated carbocycles. The standard InChI is InChI=1S/C12H15BrN4O2/c1-7(18)5-14-11(19)3-2-10-16-9-4-8(13)6-15-12(9)17-10/h4,6-7,18H,2-3,5H2,1H3,(H,14,19)(H,15,16,17). The number of H-pyrrole nitrogens is 1. The molecule has 19 heavy (non-hydrogen) atoms. The number of aliphatic hydroxyl groups excluding tert-OH is 1. The van der Waals surface area contributed by atoms with Crippen molar-refractivity contribution in [1.29, 1.82) is 0 Å². The number of carbonyl (C=O) groups excluding carboxylic acids is 1. The van der Waals surface area contributed by atoms with Crippen LogP contribution in [0.5, 0.6) is 0 Å². The van der Waals surface area contributed by atoms with Crippen molar-refractivity contribution in [3.8, 4) is 0 Å². The third kappa shape index (κ3) is 4.00. The predicted molar refractivity (Wildman–Crippen MR) is 74.6 cm³/mol. The maximum absolute atomic E-state index is 11.5. The zero-order valence-corrected chi connectivity index (χ0v) is 12.1. The molecule has 102 valence electrons. The van der Waals surface area contributed by atoms with Gasteiger partial charge in [-0.25, -0.2) is 9.97 Å². The lowest BCUT2D eigenvalue weighted by molar-refractivity contribution is -0.121. The number of pyridine rings is 1. The van der Waals surface area contributed by atoms with E-state index in [0.29, 0.717) is 18.5 Å². The highest BCUT2D eigenvalue weighted by molar-refractivity contribution is 9.10. The zero-order valence-electron chi connectivity index (χ0n) is 10.5. The number of imidazole rings is 1. The van der Waals surface area contributed by atoms with Crippen molar-refractivity contribution in [2.45, 2.75) is 25.9 Å². The second kappa shape index (κ2) is 6.12. The van der Waals surface area contributed by atoms with E-state index in [-0.39, 0.29) is 12.5 Å². The van der Waals surface area contributed by atoms with E-state index >= 15 is 0 Å². The van der Waals surface area contributed by atoms with Gasteiger partial charge in [-0.2, -0.15) is 0 Å². The van der Waals surface area contributed by atoms with Crippen molar-refractivity contribution in [2.75, 3.05) is 6.54 Å². The Morgan fingerprint density at radius 1 is 1.63 bits per heavy atom. The van der Waals surface area contributed by atoms with Gasteiger partial charge in [-0.15, -0.1) is 0 Å². The van der Waals surface area contributed by atoms with E-state index in [4.69, 9.17) is 5.11 Å². The zero-order chi connectivity index (χ0) is 13.8. The number of nitrogens with zero attached hydrogens (tertiary/aromatic N) is 2. The minimum atomic E-state index is -0.531. The number of fused-ring (bicyclic) bond motifs is 1. The highest BCUT2D eigenvalue weighted by Gasteiger charge is 2.08. The molecule has 0 aliphatic rings. The SMILES string of the molecule is CC(O)CNC(=O)CCc1nc2ncc(Br)cc2[nH]1. The first kappa shape index (κ1) is 14.0. The first-order valence-corrected chi connectivity index (χ1v) is 6.79. The van der Waals surface area contributed by atoms with Crippen LogP contribution in [0.1, 0.15) is 19.2 Å². The summed E-state index contributed by atoms with van der Waals surface area (Å²) in [6, 6.07) is 1.90. The average Bonchev–Trinajstić information content (AvgIpc) is 2.75. The number of carbonyl (C=O) groups is 1. The molecule has 0 fully saturated rings. The first-order valence-electron chi connectivity index (χ1n) is 5.99. The lowest BCUT2D eigenvalue weighted by Gasteiger charge is -2.05. The molecule has 2 aromatic heterocycles. The number of rotatable bonds is 5. The molecule has 1 amide bonds. The number of aliphatic hydroxyl groups is 1. The number of nitrogens with one attached hydrogen (secondary N) is 2. The molecule has 0 spiro atoms. The van der Waals surface area contributed by atoms with Gasteiger partial charge < -0.3 is 15.4 Å². The lowest BCUT2D eigenvalue weighted by atomic mass is 10.3. The van der Waals surface area contributed by atoms with Crippen LogP contribution in [0.15, 0.2) is 16.7 Å². The largest absolute Gasteiger partial charge is 0.392 e. The third-order valence-electron chi connectivity index (χ3n) is 2.54. The highest BCUT2D eigenvalue weighted by Crippen LogP contribution is 2.15. The number of amides is 1. The summed E-state index contributed by atoms with van der Waals surface area (Å²) in [5.41, 5.74) is 1.48. The van der Waals surface area contributed by atoms with E-state index in [2.05, 4.69) is 36.2 Å². The van der Waals surface area contributed by atoms with Crippen molar-refractivity contribution in [2.24, 2.45) is 0 Å². The molecule has 1 atom stereocenters. The van der Waals surface area contributed by atoms with Gasteiger partial charge in [0.05, 0.1) is 11.6 Å². The molecule has 0 radical (unpaired) electrons. The summed E-state index contributed by atoms with van der Waals surface area (Å²) in [5.74, 6) is 0.628. The number of hydrogen-bond donors (Lipinski definition) is 3. The molecular weight excluding hydrogens is 312 g/mol. The number of aryl methyl sites for hydroxylation is 1. The van der Waals surface area contributed by atoms with Gasteiger partial charge in [0.2, 0.25) is 5.91 Å². The van der Waals surface area contributed by atoms with Crippen molar-refractivity contribution in [1.82, 2.24) is 20.3 Å². The van der Waals surface area contributed by atoms with E-state index in [1.165, 1.54) is 0 Å². The Morgan fingerprint density at radius 3 is 3.16 bits per heavy atom. The molecule has 0 aromatic carbocycles. The first-order chi connectivity index (χ1) is 9.04. The van der Waals surface area contributed by atoms with Gasteiger partial charge in [0.15, 0.2) is 5.65 Å². The Labute approximate surface area is 118 Å². The predicted octanol–water partition coefficient (Wildman–Crippen LogP) is 1.15. The Kier molecular flexibility index (Phi) is 4.49. The van der Waals surface area contributed by atoms with Gasteiger partial charge >= 0.3 is 0 Å². The van der Waals surface area contributed by atoms with Gasteiger partial charge in [-0.3, -0.25) is 4.79 Å². The van der Waals surface area contributed by atoms with E-state index in [0.717, 1.165) is 15.8 Å². The summed E-state index contributed by atoms with van der Waals surface area (Å²) in [4.78, 5) is 23.1. The van der Waals surface area contributed by atoms with Crippen LogP contribution in [0.4, 0.5) is 0 Å². The Hall–Kier alpha value is -1.47. The molecule has 6 nitrogen and oxygen atoms in total. The molecule has 0 aliphatic carbocycles. The Balaban J connectivity index is 1.92. The fraction of sp³-hybridized carbons (Fsp3) is 0.417. The smallest absolute Gasteiger partial charge is 0.220 e. The summed E-state index contributed by atoms with van der Waals surface area (Å²) in [5, 5.41) is 11.7. The maximum atomic E-state index is 11.5. The molecule has 1 unspecified atom stereocenters.